The van der Waals surface area contributed by atoms with Crippen LogP contribution in [0.5, 0.6) is 0 Å². The molecule has 1 N–H and O–H groups in total. The van der Waals surface area contributed by atoms with E-state index >= 15 is 0 Å². The summed E-state index contributed by atoms with van der Waals surface area (Å²) >= 11 is 0. The molecule has 0 aliphatic carbocycles. The average molecular weight is 268 g/mol. The lowest BCUT2D eigenvalue weighted by Crippen LogP contribution is -2.24. The molecule has 106 valence electrons. The molecule has 20 heavy (non-hydrogen) atoms. The van der Waals surface area contributed by atoms with Crippen molar-refractivity contribution in [1.82, 2.24) is 10.3 Å². The first-order valence-electron chi connectivity index (χ1n) is 7.31. The first kappa shape index (κ1) is 14.7. The maximum absolute atomic E-state index is 4.10. The summed E-state index contributed by atoms with van der Waals surface area (Å²) in [6, 6.07) is 9.12. The SMILES string of the molecule is CCNC(Cc1ccncc1)c1c(C)cc(C)cc1C. The van der Waals surface area contributed by atoms with Crippen molar-refractivity contribution in [3.63, 3.8) is 0 Å². The first-order valence-corrected chi connectivity index (χ1v) is 7.31. The van der Waals surface area contributed by atoms with Crippen LogP contribution in [0, 0.1) is 20.8 Å². The van der Waals surface area contributed by atoms with Crippen molar-refractivity contribution in [2.24, 2.45) is 0 Å². The third-order valence-electron chi connectivity index (χ3n) is 3.73. The highest BCUT2D eigenvalue weighted by atomic mass is 14.9. The highest BCUT2D eigenvalue weighted by Gasteiger charge is 2.16. The van der Waals surface area contributed by atoms with Crippen LogP contribution in [-0.4, -0.2) is 11.5 Å². The number of pyridine rings is 1. The zero-order valence-electron chi connectivity index (χ0n) is 12.9. The van der Waals surface area contributed by atoms with Crippen LogP contribution in [0.4, 0.5) is 0 Å². The van der Waals surface area contributed by atoms with Crippen molar-refractivity contribution in [3.8, 4) is 0 Å². The Hall–Kier alpha value is -1.67. The molecule has 2 rings (SSSR count). The molecule has 0 saturated heterocycles. The van der Waals surface area contributed by atoms with Crippen molar-refractivity contribution < 1.29 is 0 Å². The van der Waals surface area contributed by atoms with Gasteiger partial charge in [-0.05, 0) is 68.1 Å². The van der Waals surface area contributed by atoms with E-state index in [4.69, 9.17) is 0 Å². The van der Waals surface area contributed by atoms with Crippen molar-refractivity contribution >= 4 is 0 Å². The summed E-state index contributed by atoms with van der Waals surface area (Å²) in [5, 5.41) is 3.63. The maximum Gasteiger partial charge on any atom is 0.0366 e. The van der Waals surface area contributed by atoms with Gasteiger partial charge in [0.05, 0.1) is 0 Å². The van der Waals surface area contributed by atoms with Gasteiger partial charge in [0.1, 0.15) is 0 Å². The van der Waals surface area contributed by atoms with Gasteiger partial charge in [-0.1, -0.05) is 24.6 Å². The number of aryl methyl sites for hydroxylation is 3. The topological polar surface area (TPSA) is 24.9 Å². The third-order valence-corrected chi connectivity index (χ3v) is 3.73. The van der Waals surface area contributed by atoms with E-state index in [1.165, 1.54) is 27.8 Å². The highest BCUT2D eigenvalue weighted by molar-refractivity contribution is 5.40. The largest absolute Gasteiger partial charge is 0.310 e. The molecular weight excluding hydrogens is 244 g/mol. The molecule has 0 amide bonds. The maximum atomic E-state index is 4.10. The molecule has 1 heterocycles. The van der Waals surface area contributed by atoms with Crippen LogP contribution in [0.2, 0.25) is 0 Å². The minimum Gasteiger partial charge on any atom is -0.310 e. The number of aromatic nitrogens is 1. The monoisotopic (exact) mass is 268 g/mol. The molecule has 0 saturated carbocycles. The van der Waals surface area contributed by atoms with Gasteiger partial charge < -0.3 is 5.32 Å². The van der Waals surface area contributed by atoms with Crippen molar-refractivity contribution in [3.05, 3.63) is 64.5 Å². The molecule has 0 fully saturated rings. The van der Waals surface area contributed by atoms with Gasteiger partial charge in [0, 0.05) is 18.4 Å². The number of hydrogen-bond acceptors (Lipinski definition) is 2. The minimum atomic E-state index is 0.364. The molecule has 0 radical (unpaired) electrons. The molecule has 0 spiro atoms. The fourth-order valence-corrected chi connectivity index (χ4v) is 3.02. The zero-order chi connectivity index (χ0) is 14.5. The lowest BCUT2D eigenvalue weighted by Gasteiger charge is -2.23. The van der Waals surface area contributed by atoms with Gasteiger partial charge in [0.25, 0.3) is 0 Å². The number of likely N-dealkylation sites (N-methyl/N-ethyl adjacent to an activating group) is 1. The molecule has 1 unspecified atom stereocenters. The van der Waals surface area contributed by atoms with Gasteiger partial charge >= 0.3 is 0 Å². The molecule has 1 aromatic carbocycles. The molecule has 0 bridgehead atoms. The summed E-state index contributed by atoms with van der Waals surface area (Å²) in [7, 11) is 0. The predicted molar refractivity (Wildman–Crippen MR) is 85.0 cm³/mol. The summed E-state index contributed by atoms with van der Waals surface area (Å²) in [4.78, 5) is 4.10. The molecule has 2 aromatic rings. The number of nitrogens with zero attached hydrogens (tertiary/aromatic N) is 1. The number of rotatable bonds is 5. The van der Waals surface area contributed by atoms with E-state index in [2.05, 4.69) is 62.3 Å². The summed E-state index contributed by atoms with van der Waals surface area (Å²) in [5.74, 6) is 0. The minimum absolute atomic E-state index is 0.364. The summed E-state index contributed by atoms with van der Waals surface area (Å²) in [6.07, 6.45) is 4.74. The molecule has 0 aliphatic rings. The number of hydrogen-bond donors (Lipinski definition) is 1. The van der Waals surface area contributed by atoms with Gasteiger partial charge in [0.2, 0.25) is 0 Å². The van der Waals surface area contributed by atoms with E-state index in [-0.39, 0.29) is 0 Å². The summed E-state index contributed by atoms with van der Waals surface area (Å²) in [5.41, 5.74) is 6.85. The second-order valence-corrected chi connectivity index (χ2v) is 5.48. The Morgan fingerprint density at radius 3 is 2.20 bits per heavy atom. The van der Waals surface area contributed by atoms with Crippen molar-refractivity contribution in [2.45, 2.75) is 40.2 Å². The smallest absolute Gasteiger partial charge is 0.0366 e. The number of benzene rings is 1. The van der Waals surface area contributed by atoms with Crippen molar-refractivity contribution in [1.29, 1.82) is 0 Å². The Labute approximate surface area is 122 Å². The molecular formula is C18H24N2. The van der Waals surface area contributed by atoms with Crippen LogP contribution >= 0.6 is 0 Å². The van der Waals surface area contributed by atoms with Crippen LogP contribution in [0.25, 0.3) is 0 Å². The summed E-state index contributed by atoms with van der Waals surface area (Å²) in [6.45, 7) is 9.73. The van der Waals surface area contributed by atoms with Crippen LogP contribution < -0.4 is 5.32 Å². The van der Waals surface area contributed by atoms with E-state index in [0.29, 0.717) is 6.04 Å². The van der Waals surface area contributed by atoms with Crippen LogP contribution in [0.1, 0.15) is 40.8 Å². The standard InChI is InChI=1S/C18H24N2/c1-5-20-17(12-16-6-8-19-9-7-16)18-14(3)10-13(2)11-15(18)4/h6-11,17,20H,5,12H2,1-4H3. The Kier molecular flexibility index (Phi) is 4.91. The van der Waals surface area contributed by atoms with E-state index < -0.39 is 0 Å². The first-order chi connectivity index (χ1) is 9.61. The van der Waals surface area contributed by atoms with E-state index in [9.17, 15) is 0 Å². The Morgan fingerprint density at radius 1 is 1.05 bits per heavy atom. The van der Waals surface area contributed by atoms with Gasteiger partial charge in [-0.2, -0.15) is 0 Å². The lowest BCUT2D eigenvalue weighted by atomic mass is 9.90. The fourth-order valence-electron chi connectivity index (χ4n) is 3.02. The van der Waals surface area contributed by atoms with Gasteiger partial charge in [-0.3, -0.25) is 4.98 Å². The molecule has 0 aliphatic heterocycles. The van der Waals surface area contributed by atoms with Crippen LogP contribution in [-0.2, 0) is 6.42 Å². The van der Waals surface area contributed by atoms with Gasteiger partial charge in [0.15, 0.2) is 0 Å². The van der Waals surface area contributed by atoms with E-state index in [1.807, 2.05) is 12.4 Å². The van der Waals surface area contributed by atoms with Crippen molar-refractivity contribution in [2.75, 3.05) is 6.54 Å². The molecule has 1 atom stereocenters. The molecule has 2 heteroatoms. The van der Waals surface area contributed by atoms with E-state index in [1.54, 1.807) is 0 Å². The average Bonchev–Trinajstić information content (AvgIpc) is 2.39. The van der Waals surface area contributed by atoms with Crippen LogP contribution in [0.3, 0.4) is 0 Å². The molecule has 2 nitrogen and oxygen atoms in total. The Balaban J connectivity index is 2.34. The summed E-state index contributed by atoms with van der Waals surface area (Å²) < 4.78 is 0. The normalized spacial score (nSPS) is 12.4. The second kappa shape index (κ2) is 6.67. The quantitative estimate of drug-likeness (QED) is 0.889. The van der Waals surface area contributed by atoms with Gasteiger partial charge in [-0.15, -0.1) is 0 Å². The second-order valence-electron chi connectivity index (χ2n) is 5.48. The zero-order valence-corrected chi connectivity index (χ0v) is 12.9. The Bertz CT molecular complexity index is 538. The predicted octanol–water partition coefficient (Wildman–Crippen LogP) is 3.90. The molecule has 1 aromatic heterocycles. The van der Waals surface area contributed by atoms with Crippen LogP contribution in [0.15, 0.2) is 36.7 Å². The highest BCUT2D eigenvalue weighted by Crippen LogP contribution is 2.26. The van der Waals surface area contributed by atoms with Gasteiger partial charge in [-0.25, -0.2) is 0 Å². The number of nitrogens with one attached hydrogen (secondary N) is 1. The third kappa shape index (κ3) is 3.45. The fraction of sp³-hybridized carbons (Fsp3) is 0.389. The Morgan fingerprint density at radius 2 is 1.65 bits per heavy atom. The lowest BCUT2D eigenvalue weighted by molar-refractivity contribution is 0.544. The van der Waals surface area contributed by atoms with E-state index in [0.717, 1.165) is 13.0 Å².